The first-order valence-corrected chi connectivity index (χ1v) is 8.01. The molecule has 1 aliphatic carbocycles. The van der Waals surface area contributed by atoms with E-state index in [1.54, 1.807) is 25.3 Å². The van der Waals surface area contributed by atoms with Crippen LogP contribution in [0.4, 0.5) is 0 Å². The Bertz CT molecular complexity index is 813. The van der Waals surface area contributed by atoms with Gasteiger partial charge in [-0.05, 0) is 37.3 Å². The molecule has 0 aliphatic heterocycles. The van der Waals surface area contributed by atoms with Gasteiger partial charge in [0, 0.05) is 12.2 Å². The third kappa shape index (κ3) is 2.81. The minimum absolute atomic E-state index is 0.0354. The van der Waals surface area contributed by atoms with Gasteiger partial charge in [0.25, 0.3) is 11.5 Å². The molecule has 2 N–H and O–H groups in total. The quantitative estimate of drug-likeness (QED) is 0.888. The molecule has 0 aromatic carbocycles. The second-order valence-electron chi connectivity index (χ2n) is 6.34. The van der Waals surface area contributed by atoms with Crippen molar-refractivity contribution < 1.29 is 9.90 Å². The number of rotatable bonds is 2. The van der Waals surface area contributed by atoms with Crippen LogP contribution in [0.25, 0.3) is 5.65 Å². The van der Waals surface area contributed by atoms with Crippen molar-refractivity contribution in [3.8, 4) is 5.88 Å². The molecule has 23 heavy (non-hydrogen) atoms. The van der Waals surface area contributed by atoms with Crippen molar-refractivity contribution in [2.24, 2.45) is 5.92 Å². The van der Waals surface area contributed by atoms with Crippen LogP contribution in [0.3, 0.4) is 0 Å². The normalized spacial score (nSPS) is 21.3. The molecule has 2 aromatic rings. The first kappa shape index (κ1) is 15.5. The Morgan fingerprint density at radius 3 is 2.87 bits per heavy atom. The molecule has 2 unspecified atom stereocenters. The SMILES string of the molecule is Cc1cccn2c(=O)c(C(=O)NC3CCCCC3C)c(O)nc12. The molecule has 0 spiro atoms. The third-order valence-electron chi connectivity index (χ3n) is 4.69. The molecule has 0 saturated heterocycles. The summed E-state index contributed by atoms with van der Waals surface area (Å²) >= 11 is 0. The summed E-state index contributed by atoms with van der Waals surface area (Å²) in [5, 5.41) is 13.0. The zero-order chi connectivity index (χ0) is 16.6. The van der Waals surface area contributed by atoms with E-state index < -0.39 is 17.3 Å². The number of aromatic nitrogens is 2. The summed E-state index contributed by atoms with van der Waals surface area (Å²) in [6, 6.07) is 3.55. The van der Waals surface area contributed by atoms with Crippen molar-refractivity contribution in [2.45, 2.75) is 45.6 Å². The Morgan fingerprint density at radius 2 is 2.13 bits per heavy atom. The lowest BCUT2D eigenvalue weighted by Gasteiger charge is -2.29. The number of hydrogen-bond donors (Lipinski definition) is 2. The topological polar surface area (TPSA) is 83.7 Å². The van der Waals surface area contributed by atoms with Crippen LogP contribution >= 0.6 is 0 Å². The van der Waals surface area contributed by atoms with Crippen molar-refractivity contribution in [1.82, 2.24) is 14.7 Å². The molecule has 2 heterocycles. The molecule has 3 rings (SSSR count). The van der Waals surface area contributed by atoms with E-state index in [4.69, 9.17) is 0 Å². The van der Waals surface area contributed by atoms with Crippen LogP contribution in [0.2, 0.25) is 0 Å². The van der Waals surface area contributed by atoms with Crippen LogP contribution in [0, 0.1) is 12.8 Å². The Labute approximate surface area is 134 Å². The van der Waals surface area contributed by atoms with Crippen LogP contribution < -0.4 is 10.9 Å². The molecule has 6 nitrogen and oxygen atoms in total. The maximum atomic E-state index is 12.6. The van der Waals surface area contributed by atoms with E-state index >= 15 is 0 Å². The van der Waals surface area contributed by atoms with Crippen LogP contribution in [-0.2, 0) is 0 Å². The predicted molar refractivity (Wildman–Crippen MR) is 86.8 cm³/mol. The summed E-state index contributed by atoms with van der Waals surface area (Å²) in [6.07, 6.45) is 5.74. The van der Waals surface area contributed by atoms with E-state index in [0.717, 1.165) is 31.2 Å². The fraction of sp³-hybridized carbons (Fsp3) is 0.471. The second-order valence-corrected chi connectivity index (χ2v) is 6.34. The number of nitrogens with one attached hydrogen (secondary N) is 1. The Hall–Kier alpha value is -2.37. The van der Waals surface area contributed by atoms with Gasteiger partial charge < -0.3 is 10.4 Å². The highest BCUT2D eigenvalue weighted by Crippen LogP contribution is 2.24. The zero-order valence-corrected chi connectivity index (χ0v) is 13.4. The standard InChI is InChI=1S/C17H21N3O3/c1-10-6-3-4-8-12(10)18-15(21)13-16(22)19-14-11(2)7-5-9-20(14)17(13)23/h5,7,9-10,12,22H,3-4,6,8H2,1-2H3,(H,18,21). The Balaban J connectivity index is 1.99. The van der Waals surface area contributed by atoms with Crippen LogP contribution in [-0.4, -0.2) is 26.4 Å². The van der Waals surface area contributed by atoms with Gasteiger partial charge in [0.15, 0.2) is 5.56 Å². The Morgan fingerprint density at radius 1 is 1.39 bits per heavy atom. The lowest BCUT2D eigenvalue weighted by Crippen LogP contribution is -2.43. The van der Waals surface area contributed by atoms with Gasteiger partial charge >= 0.3 is 0 Å². The van der Waals surface area contributed by atoms with E-state index in [9.17, 15) is 14.7 Å². The fourth-order valence-corrected chi connectivity index (χ4v) is 3.26. The minimum atomic E-state index is -0.547. The zero-order valence-electron chi connectivity index (χ0n) is 13.4. The van der Waals surface area contributed by atoms with Gasteiger partial charge in [-0.2, -0.15) is 4.98 Å². The van der Waals surface area contributed by atoms with Crippen molar-refractivity contribution in [3.63, 3.8) is 0 Å². The number of carbonyl (C=O) groups is 1. The summed E-state index contributed by atoms with van der Waals surface area (Å²) in [5.74, 6) is -0.687. The van der Waals surface area contributed by atoms with Gasteiger partial charge in [0.1, 0.15) is 5.65 Å². The number of aryl methyl sites for hydroxylation is 1. The predicted octanol–water partition coefficient (Wildman–Crippen LogP) is 2.02. The average Bonchev–Trinajstić information content (AvgIpc) is 2.51. The number of fused-ring (bicyclic) bond motifs is 1. The summed E-state index contributed by atoms with van der Waals surface area (Å²) < 4.78 is 1.30. The number of pyridine rings is 1. The summed E-state index contributed by atoms with van der Waals surface area (Å²) in [5.41, 5.74) is 0.286. The molecular formula is C17H21N3O3. The van der Waals surface area contributed by atoms with E-state index in [-0.39, 0.29) is 11.6 Å². The molecule has 1 saturated carbocycles. The first-order valence-electron chi connectivity index (χ1n) is 8.01. The van der Waals surface area contributed by atoms with Crippen molar-refractivity contribution in [2.75, 3.05) is 0 Å². The number of nitrogens with zero attached hydrogens (tertiary/aromatic N) is 2. The van der Waals surface area contributed by atoms with Crippen LogP contribution in [0.15, 0.2) is 23.1 Å². The van der Waals surface area contributed by atoms with Crippen LogP contribution in [0.5, 0.6) is 5.88 Å². The van der Waals surface area contributed by atoms with Gasteiger partial charge in [-0.25, -0.2) is 0 Å². The van der Waals surface area contributed by atoms with Crippen LogP contribution in [0.1, 0.15) is 48.5 Å². The number of amides is 1. The lowest BCUT2D eigenvalue weighted by atomic mass is 9.86. The number of aromatic hydroxyl groups is 1. The number of hydrogen-bond acceptors (Lipinski definition) is 4. The molecule has 6 heteroatoms. The number of carbonyl (C=O) groups excluding carboxylic acids is 1. The molecule has 0 bridgehead atoms. The van der Waals surface area contributed by atoms with E-state index in [2.05, 4.69) is 17.2 Å². The molecule has 2 atom stereocenters. The summed E-state index contributed by atoms with van der Waals surface area (Å²) in [4.78, 5) is 29.1. The average molecular weight is 315 g/mol. The van der Waals surface area contributed by atoms with E-state index in [0.29, 0.717) is 11.6 Å². The maximum Gasteiger partial charge on any atom is 0.274 e. The summed E-state index contributed by atoms with van der Waals surface area (Å²) in [7, 11) is 0. The third-order valence-corrected chi connectivity index (χ3v) is 4.69. The Kier molecular flexibility index (Phi) is 4.07. The summed E-state index contributed by atoms with van der Waals surface area (Å²) in [6.45, 7) is 3.89. The van der Waals surface area contributed by atoms with Gasteiger partial charge in [0.05, 0.1) is 0 Å². The van der Waals surface area contributed by atoms with Gasteiger partial charge in [0.2, 0.25) is 5.88 Å². The van der Waals surface area contributed by atoms with E-state index in [1.807, 2.05) is 0 Å². The highest BCUT2D eigenvalue weighted by Gasteiger charge is 2.27. The highest BCUT2D eigenvalue weighted by molar-refractivity contribution is 5.96. The lowest BCUT2D eigenvalue weighted by molar-refractivity contribution is 0.0905. The molecule has 1 amide bonds. The molecule has 0 radical (unpaired) electrons. The fourth-order valence-electron chi connectivity index (χ4n) is 3.26. The second kappa shape index (κ2) is 6.02. The molecule has 1 aliphatic rings. The molecule has 122 valence electrons. The van der Waals surface area contributed by atoms with Crippen molar-refractivity contribution >= 4 is 11.6 Å². The van der Waals surface area contributed by atoms with Gasteiger partial charge in [-0.15, -0.1) is 0 Å². The highest BCUT2D eigenvalue weighted by atomic mass is 16.3. The monoisotopic (exact) mass is 315 g/mol. The first-order chi connectivity index (χ1) is 11.0. The van der Waals surface area contributed by atoms with E-state index in [1.165, 1.54) is 4.40 Å². The van der Waals surface area contributed by atoms with Crippen molar-refractivity contribution in [1.29, 1.82) is 0 Å². The smallest absolute Gasteiger partial charge is 0.274 e. The minimum Gasteiger partial charge on any atom is -0.493 e. The molecular weight excluding hydrogens is 294 g/mol. The van der Waals surface area contributed by atoms with Gasteiger partial charge in [-0.3, -0.25) is 14.0 Å². The molecule has 1 fully saturated rings. The maximum absolute atomic E-state index is 12.6. The van der Waals surface area contributed by atoms with Crippen molar-refractivity contribution in [3.05, 3.63) is 39.8 Å². The largest absolute Gasteiger partial charge is 0.493 e. The van der Waals surface area contributed by atoms with Gasteiger partial charge in [-0.1, -0.05) is 25.8 Å². The molecule has 2 aromatic heterocycles.